The van der Waals surface area contributed by atoms with Crippen LogP contribution in [0.4, 0.5) is 0 Å². The van der Waals surface area contributed by atoms with Crippen molar-refractivity contribution < 1.29 is 14.6 Å². The average molecular weight is 486 g/mol. The third-order valence-corrected chi connectivity index (χ3v) is 6.76. The predicted molar refractivity (Wildman–Crippen MR) is 119 cm³/mol. The molecular weight excluding hydrogens is 471 g/mol. The largest absolute Gasteiger partial charge is 0.494 e. The molecule has 1 aromatic carbocycles. The lowest BCUT2D eigenvalue weighted by molar-refractivity contribution is 0.103. The lowest BCUT2D eigenvalue weighted by atomic mass is 10.0. The summed E-state index contributed by atoms with van der Waals surface area (Å²) in [5.41, 5.74) is -0.950. The molecule has 3 rings (SSSR count). The quantitative estimate of drug-likeness (QED) is 0.384. The normalized spacial score (nSPS) is 11.1. The number of ketones is 1. The van der Waals surface area contributed by atoms with Crippen LogP contribution in [0.2, 0.25) is 15.1 Å². The Morgan fingerprint density at radius 2 is 2.03 bits per heavy atom. The van der Waals surface area contributed by atoms with Crippen molar-refractivity contribution in [3.05, 3.63) is 59.1 Å². The van der Waals surface area contributed by atoms with Crippen LogP contribution in [0.5, 0.6) is 5.88 Å². The molecule has 6 nitrogen and oxygen atoms in total. The molecule has 2 aromatic heterocycles. The predicted octanol–water partition coefficient (Wildman–Crippen LogP) is 5.18. The van der Waals surface area contributed by atoms with Gasteiger partial charge in [-0.2, -0.15) is 5.26 Å². The summed E-state index contributed by atoms with van der Waals surface area (Å²) in [5.74, 6) is -1.13. The van der Waals surface area contributed by atoms with Gasteiger partial charge in [-0.25, -0.2) is 0 Å². The molecule has 0 amide bonds. The van der Waals surface area contributed by atoms with E-state index < -0.39 is 17.2 Å². The molecule has 3 aromatic rings. The number of nitrogens with zero attached hydrogens (tertiary/aromatic N) is 2. The zero-order chi connectivity index (χ0) is 22.2. The number of fused-ring (bicyclic) bond motifs is 1. The van der Waals surface area contributed by atoms with Gasteiger partial charge >= 0.3 is 0 Å². The van der Waals surface area contributed by atoms with E-state index in [0.717, 1.165) is 15.9 Å². The van der Waals surface area contributed by atoms with Crippen LogP contribution in [-0.4, -0.2) is 29.2 Å². The van der Waals surface area contributed by atoms with Gasteiger partial charge < -0.3 is 9.84 Å². The summed E-state index contributed by atoms with van der Waals surface area (Å²) >= 11 is 19.8. The van der Waals surface area contributed by atoms with Crippen molar-refractivity contribution >= 4 is 62.0 Å². The number of methoxy groups -OCH3 is 1. The summed E-state index contributed by atoms with van der Waals surface area (Å²) in [5, 5.41) is 21.5. The van der Waals surface area contributed by atoms with Crippen LogP contribution < -0.4 is 5.56 Å². The lowest BCUT2D eigenvalue weighted by Gasteiger charge is -2.15. The number of ether oxygens (including phenoxy) is 1. The van der Waals surface area contributed by atoms with Crippen LogP contribution in [0, 0.1) is 18.3 Å². The minimum atomic E-state index is -0.669. The van der Waals surface area contributed by atoms with E-state index in [0.29, 0.717) is 33.2 Å². The molecule has 0 radical (unpaired) electrons. The molecule has 30 heavy (non-hydrogen) atoms. The highest BCUT2D eigenvalue weighted by Crippen LogP contribution is 2.42. The van der Waals surface area contributed by atoms with E-state index >= 15 is 0 Å². The van der Waals surface area contributed by atoms with E-state index in [-0.39, 0.29) is 33.1 Å². The summed E-state index contributed by atoms with van der Waals surface area (Å²) in [4.78, 5) is 26.1. The number of halogens is 3. The molecule has 0 saturated carbocycles. The molecule has 1 N–H and O–H groups in total. The first-order chi connectivity index (χ1) is 14.2. The minimum Gasteiger partial charge on any atom is -0.494 e. The fourth-order valence-corrected chi connectivity index (χ4v) is 5.49. The SMILES string of the molecule is COCCCn1c(O)c(C(=O)c2sc3cc(Cl)cc(Cl)c3c2Cl)c(C)c(C#N)c1=O. The smallest absolute Gasteiger partial charge is 0.271 e. The van der Waals surface area contributed by atoms with Crippen molar-refractivity contribution in [2.75, 3.05) is 13.7 Å². The van der Waals surface area contributed by atoms with Crippen LogP contribution in [-0.2, 0) is 11.3 Å². The molecule has 156 valence electrons. The number of thiophene rings is 1. The monoisotopic (exact) mass is 484 g/mol. The van der Waals surface area contributed by atoms with Gasteiger partial charge in [0.05, 0.1) is 20.5 Å². The maximum absolute atomic E-state index is 13.4. The van der Waals surface area contributed by atoms with Crippen molar-refractivity contribution in [1.82, 2.24) is 4.57 Å². The number of aromatic nitrogens is 1. The Balaban J connectivity index is 2.24. The first kappa shape index (κ1) is 22.6. The molecule has 0 aliphatic heterocycles. The second-order valence-electron chi connectivity index (χ2n) is 6.45. The number of pyridine rings is 1. The van der Waals surface area contributed by atoms with Crippen molar-refractivity contribution in [2.24, 2.45) is 0 Å². The Labute approximate surface area is 190 Å². The lowest BCUT2D eigenvalue weighted by Crippen LogP contribution is -2.27. The molecular formula is C20H15Cl3N2O4S. The van der Waals surface area contributed by atoms with Crippen LogP contribution in [0.15, 0.2) is 16.9 Å². The van der Waals surface area contributed by atoms with E-state index in [1.54, 1.807) is 6.07 Å². The first-order valence-corrected chi connectivity index (χ1v) is 10.6. The molecule has 0 unspecified atom stereocenters. The topological polar surface area (TPSA) is 92.3 Å². The number of carbonyl (C=O) groups is 1. The van der Waals surface area contributed by atoms with Gasteiger partial charge in [-0.15, -0.1) is 11.3 Å². The molecule has 0 bridgehead atoms. The molecule has 0 fully saturated rings. The number of nitriles is 1. The van der Waals surface area contributed by atoms with E-state index in [9.17, 15) is 20.0 Å². The Morgan fingerprint density at radius 1 is 1.33 bits per heavy atom. The maximum atomic E-state index is 13.4. The van der Waals surface area contributed by atoms with Gasteiger partial charge in [-0.05, 0) is 31.0 Å². The van der Waals surface area contributed by atoms with Crippen LogP contribution in [0.25, 0.3) is 10.1 Å². The number of benzene rings is 1. The summed E-state index contributed by atoms with van der Waals surface area (Å²) in [6, 6.07) is 4.98. The molecule has 2 heterocycles. The standard InChI is InChI=1S/C20H15Cl3N2O4S/c1-9-11(8-24)19(27)25(4-3-5-29-2)20(28)14(9)17(26)18-16(23)15-12(22)6-10(21)7-13(15)30-18/h6-7,28H,3-5H2,1-2H3. The van der Waals surface area contributed by atoms with Crippen molar-refractivity contribution in [3.8, 4) is 11.9 Å². The number of hydrogen-bond donors (Lipinski definition) is 1. The van der Waals surface area contributed by atoms with Crippen LogP contribution >= 0.6 is 46.1 Å². The summed E-state index contributed by atoms with van der Waals surface area (Å²) in [6.07, 6.45) is 0.406. The molecule has 0 spiro atoms. The van der Waals surface area contributed by atoms with E-state index in [1.807, 2.05) is 6.07 Å². The summed E-state index contributed by atoms with van der Waals surface area (Å²) < 4.78 is 6.58. The second-order valence-corrected chi connectivity index (χ2v) is 8.72. The van der Waals surface area contributed by atoms with Gasteiger partial charge in [-0.1, -0.05) is 34.8 Å². The Kier molecular flexibility index (Phi) is 6.75. The number of hydrogen-bond acceptors (Lipinski definition) is 6. The molecule has 0 aliphatic carbocycles. The Bertz CT molecular complexity index is 1270. The maximum Gasteiger partial charge on any atom is 0.271 e. The van der Waals surface area contributed by atoms with Crippen molar-refractivity contribution in [1.29, 1.82) is 5.26 Å². The van der Waals surface area contributed by atoms with Crippen molar-refractivity contribution in [2.45, 2.75) is 19.9 Å². The van der Waals surface area contributed by atoms with Crippen LogP contribution in [0.1, 0.15) is 32.8 Å². The fraction of sp³-hybridized carbons (Fsp3) is 0.250. The van der Waals surface area contributed by atoms with Gasteiger partial charge in [0.15, 0.2) is 0 Å². The zero-order valence-electron chi connectivity index (χ0n) is 15.9. The Hall–Kier alpha value is -2.08. The Morgan fingerprint density at radius 3 is 2.67 bits per heavy atom. The fourth-order valence-electron chi connectivity index (χ4n) is 3.17. The van der Waals surface area contributed by atoms with E-state index in [4.69, 9.17) is 39.5 Å². The summed E-state index contributed by atoms with van der Waals surface area (Å²) in [6.45, 7) is 1.86. The highest BCUT2D eigenvalue weighted by atomic mass is 35.5. The first-order valence-electron chi connectivity index (χ1n) is 8.70. The molecule has 0 atom stereocenters. The third kappa shape index (κ3) is 3.82. The van der Waals surface area contributed by atoms with Crippen molar-refractivity contribution in [3.63, 3.8) is 0 Å². The zero-order valence-corrected chi connectivity index (χ0v) is 19.0. The van der Waals surface area contributed by atoms with E-state index in [1.165, 1.54) is 20.1 Å². The third-order valence-electron chi connectivity index (χ3n) is 4.61. The number of aromatic hydroxyl groups is 1. The highest BCUT2D eigenvalue weighted by Gasteiger charge is 2.28. The molecule has 0 aliphatic rings. The number of carbonyl (C=O) groups excluding carboxylic acids is 1. The van der Waals surface area contributed by atoms with E-state index in [2.05, 4.69) is 0 Å². The van der Waals surface area contributed by atoms with Gasteiger partial charge in [-0.3, -0.25) is 14.2 Å². The molecule has 10 heteroatoms. The molecule has 0 saturated heterocycles. The van der Waals surface area contributed by atoms with Gasteiger partial charge in [0, 0.05) is 35.4 Å². The van der Waals surface area contributed by atoms with Gasteiger partial charge in [0.2, 0.25) is 11.7 Å². The minimum absolute atomic E-state index is 0.0787. The van der Waals surface area contributed by atoms with Gasteiger partial charge in [0.1, 0.15) is 11.6 Å². The number of rotatable bonds is 6. The average Bonchev–Trinajstić information content (AvgIpc) is 3.01. The second kappa shape index (κ2) is 8.96. The van der Waals surface area contributed by atoms with Gasteiger partial charge in [0.25, 0.3) is 5.56 Å². The van der Waals surface area contributed by atoms with Crippen LogP contribution in [0.3, 0.4) is 0 Å². The summed E-state index contributed by atoms with van der Waals surface area (Å²) in [7, 11) is 1.51. The highest BCUT2D eigenvalue weighted by molar-refractivity contribution is 7.22.